The van der Waals surface area contributed by atoms with Crippen LogP contribution < -0.4 is 10.4 Å². The van der Waals surface area contributed by atoms with E-state index < -0.39 is 0 Å². The van der Waals surface area contributed by atoms with Gasteiger partial charge in [0.1, 0.15) is 35.4 Å². The number of hydrogen-bond acceptors (Lipinski definition) is 8. The van der Waals surface area contributed by atoms with E-state index in [0.717, 1.165) is 0 Å². The van der Waals surface area contributed by atoms with Gasteiger partial charge in [-0.1, -0.05) is 10.3 Å². The summed E-state index contributed by atoms with van der Waals surface area (Å²) in [5, 5.41) is 44.7. The summed E-state index contributed by atoms with van der Waals surface area (Å²) in [6.45, 7) is 0. The Hall–Kier alpha value is -4.14. The van der Waals surface area contributed by atoms with Crippen molar-refractivity contribution in [1.82, 2.24) is 10.3 Å². The van der Waals surface area contributed by atoms with Crippen molar-refractivity contribution < 1.29 is 9.05 Å². The van der Waals surface area contributed by atoms with Crippen LogP contribution in [-0.4, -0.2) is 10.3 Å². The Morgan fingerprint density at radius 3 is 1.55 bits per heavy atom. The van der Waals surface area contributed by atoms with Crippen molar-refractivity contribution >= 4 is 33.1 Å². The van der Waals surface area contributed by atoms with Crippen molar-refractivity contribution in [3.8, 4) is 24.3 Å². The molecule has 22 heavy (non-hydrogen) atoms. The Labute approximate surface area is 121 Å². The molecule has 0 N–H and O–H groups in total. The molecule has 0 aliphatic heterocycles. The molecule has 3 aromatic rings. The van der Waals surface area contributed by atoms with Crippen LogP contribution >= 0.6 is 0 Å². The van der Waals surface area contributed by atoms with Crippen molar-refractivity contribution in [2.45, 2.75) is 0 Å². The lowest BCUT2D eigenvalue weighted by molar-refractivity contribution is 0.445. The SMILES string of the molecule is N#CC(C#N)=c1c2cnoc2c(=C(C#N)C#N)c2oncc12. The van der Waals surface area contributed by atoms with E-state index in [0.29, 0.717) is 10.8 Å². The van der Waals surface area contributed by atoms with E-state index in [1.807, 2.05) is 0 Å². The van der Waals surface area contributed by atoms with E-state index >= 15 is 0 Å². The van der Waals surface area contributed by atoms with E-state index in [9.17, 15) is 0 Å². The molecule has 0 saturated carbocycles. The zero-order valence-corrected chi connectivity index (χ0v) is 10.7. The summed E-state index contributed by atoms with van der Waals surface area (Å²) in [7, 11) is 0. The minimum atomic E-state index is -0.245. The lowest BCUT2D eigenvalue weighted by atomic mass is 10.0. The molecule has 0 radical (unpaired) electrons. The Morgan fingerprint density at radius 1 is 0.727 bits per heavy atom. The van der Waals surface area contributed by atoms with Gasteiger partial charge in [-0.3, -0.25) is 0 Å². The van der Waals surface area contributed by atoms with Gasteiger partial charge in [0.15, 0.2) is 11.2 Å². The number of nitrogens with zero attached hydrogens (tertiary/aromatic N) is 6. The number of aromatic nitrogens is 2. The van der Waals surface area contributed by atoms with Crippen molar-refractivity contribution in [3.05, 3.63) is 22.8 Å². The highest BCUT2D eigenvalue weighted by atomic mass is 16.5. The topological polar surface area (TPSA) is 147 Å². The van der Waals surface area contributed by atoms with Gasteiger partial charge in [0.05, 0.1) is 28.4 Å². The molecule has 3 rings (SSSR count). The van der Waals surface area contributed by atoms with E-state index in [-0.39, 0.29) is 32.7 Å². The zero-order valence-electron chi connectivity index (χ0n) is 10.7. The maximum absolute atomic E-state index is 9.12. The Morgan fingerprint density at radius 2 is 1.14 bits per heavy atom. The molecular formula is C14H2N6O2. The lowest BCUT2D eigenvalue weighted by Gasteiger charge is -1.95. The van der Waals surface area contributed by atoms with Gasteiger partial charge in [-0.05, 0) is 0 Å². The molecule has 0 aliphatic carbocycles. The van der Waals surface area contributed by atoms with Gasteiger partial charge in [0.2, 0.25) is 0 Å². The van der Waals surface area contributed by atoms with Crippen LogP contribution in [0.15, 0.2) is 21.4 Å². The van der Waals surface area contributed by atoms with Crippen molar-refractivity contribution in [1.29, 1.82) is 21.0 Å². The molecule has 8 nitrogen and oxygen atoms in total. The molecular weight excluding hydrogens is 284 g/mol. The quantitative estimate of drug-likeness (QED) is 0.575. The van der Waals surface area contributed by atoms with Crippen molar-refractivity contribution in [2.24, 2.45) is 0 Å². The number of nitriles is 4. The van der Waals surface area contributed by atoms with E-state index in [1.54, 1.807) is 24.3 Å². The van der Waals surface area contributed by atoms with E-state index in [4.69, 9.17) is 30.1 Å². The molecule has 0 bridgehead atoms. The maximum Gasteiger partial charge on any atom is 0.180 e. The van der Waals surface area contributed by atoms with Crippen molar-refractivity contribution in [2.75, 3.05) is 0 Å². The monoisotopic (exact) mass is 286 g/mol. The van der Waals surface area contributed by atoms with E-state index in [2.05, 4.69) is 10.3 Å². The zero-order chi connectivity index (χ0) is 15.7. The van der Waals surface area contributed by atoms with Crippen LogP contribution in [0, 0.1) is 45.3 Å². The van der Waals surface area contributed by atoms with Gasteiger partial charge in [-0.2, -0.15) is 21.0 Å². The highest BCUT2D eigenvalue weighted by Gasteiger charge is 2.18. The first-order valence-corrected chi connectivity index (χ1v) is 5.76. The van der Waals surface area contributed by atoms with E-state index in [1.165, 1.54) is 12.4 Å². The van der Waals surface area contributed by atoms with Crippen molar-refractivity contribution in [3.63, 3.8) is 0 Å². The number of rotatable bonds is 0. The van der Waals surface area contributed by atoms with Crippen LogP contribution in [-0.2, 0) is 0 Å². The first-order valence-electron chi connectivity index (χ1n) is 5.76. The third-order valence-electron chi connectivity index (χ3n) is 3.08. The van der Waals surface area contributed by atoms with Gasteiger partial charge in [0.25, 0.3) is 0 Å². The first-order chi connectivity index (χ1) is 10.8. The smallest absolute Gasteiger partial charge is 0.180 e. The number of hydrogen-bond donors (Lipinski definition) is 0. The van der Waals surface area contributed by atoms with Crippen LogP contribution in [0.2, 0.25) is 0 Å². The number of benzene rings is 1. The highest BCUT2D eigenvalue weighted by Crippen LogP contribution is 2.15. The minimum Gasteiger partial charge on any atom is -0.355 e. The Kier molecular flexibility index (Phi) is 2.78. The second kappa shape index (κ2) is 4.76. The van der Waals surface area contributed by atoms with Crippen LogP contribution in [0.3, 0.4) is 0 Å². The fourth-order valence-electron chi connectivity index (χ4n) is 2.21. The summed E-state index contributed by atoms with van der Waals surface area (Å²) in [4.78, 5) is 0. The highest BCUT2D eigenvalue weighted by molar-refractivity contribution is 6.01. The molecule has 0 saturated heterocycles. The van der Waals surface area contributed by atoms with Crippen LogP contribution in [0.1, 0.15) is 0 Å². The predicted molar refractivity (Wildman–Crippen MR) is 70.1 cm³/mol. The molecule has 0 atom stereocenters. The average Bonchev–Trinajstić information content (AvgIpc) is 3.19. The van der Waals surface area contributed by atoms with Gasteiger partial charge >= 0.3 is 0 Å². The predicted octanol–water partition coefficient (Wildman–Crippen LogP) is 0.365. The van der Waals surface area contributed by atoms with Gasteiger partial charge in [0, 0.05) is 5.22 Å². The van der Waals surface area contributed by atoms with Gasteiger partial charge in [-0.15, -0.1) is 0 Å². The normalized spacial score (nSPS) is 9.64. The largest absolute Gasteiger partial charge is 0.355 e. The molecule has 0 aliphatic rings. The summed E-state index contributed by atoms with van der Waals surface area (Å²) in [6.07, 6.45) is 2.61. The Bertz CT molecular complexity index is 1030. The molecule has 100 valence electrons. The second-order valence-electron chi connectivity index (χ2n) is 4.08. The second-order valence-corrected chi connectivity index (χ2v) is 4.08. The standard InChI is InChI=1S/C14H2N6O2/c15-1-7(2-16)11-9-5-19-21-13(9)12(8(3-17)4-18)14-10(11)6-20-22-14/h5-6H. The fourth-order valence-corrected chi connectivity index (χ4v) is 2.21. The summed E-state index contributed by atoms with van der Waals surface area (Å²) < 4.78 is 10.2. The summed E-state index contributed by atoms with van der Waals surface area (Å²) in [6, 6.07) is 7.08. The van der Waals surface area contributed by atoms with Crippen LogP contribution in [0.4, 0.5) is 0 Å². The Balaban J connectivity index is 2.89. The lowest BCUT2D eigenvalue weighted by Crippen LogP contribution is -2.16. The molecule has 0 spiro atoms. The molecule has 0 unspecified atom stereocenters. The average molecular weight is 286 g/mol. The summed E-state index contributed by atoms with van der Waals surface area (Å²) >= 11 is 0. The summed E-state index contributed by atoms with van der Waals surface area (Å²) in [5.74, 6) is 0. The molecule has 2 aromatic heterocycles. The molecule has 2 heterocycles. The number of fused-ring (bicyclic) bond motifs is 2. The fraction of sp³-hybridized carbons (Fsp3) is 0. The van der Waals surface area contributed by atoms with Crippen LogP contribution in [0.5, 0.6) is 0 Å². The minimum absolute atomic E-state index is 0.0837. The summed E-state index contributed by atoms with van der Waals surface area (Å²) in [5.41, 5.74) is -0.255. The third kappa shape index (κ3) is 1.53. The first kappa shape index (κ1) is 12.9. The third-order valence-corrected chi connectivity index (χ3v) is 3.08. The van der Waals surface area contributed by atoms with Gasteiger partial charge in [-0.25, -0.2) is 0 Å². The molecule has 0 amide bonds. The molecule has 0 fully saturated rings. The van der Waals surface area contributed by atoms with Gasteiger partial charge < -0.3 is 9.05 Å². The van der Waals surface area contributed by atoms with Crippen LogP contribution in [0.25, 0.3) is 33.1 Å². The molecule has 1 aromatic carbocycles. The molecule has 8 heteroatoms. The maximum atomic E-state index is 9.12.